The van der Waals surface area contributed by atoms with Gasteiger partial charge in [-0.15, -0.1) is 11.3 Å². The van der Waals surface area contributed by atoms with E-state index in [1.54, 1.807) is 41.5 Å². The van der Waals surface area contributed by atoms with Gasteiger partial charge < -0.3 is 4.90 Å². The summed E-state index contributed by atoms with van der Waals surface area (Å²) in [4.78, 5) is 15.7. The normalized spacial score (nSPS) is 14.4. The van der Waals surface area contributed by atoms with Crippen LogP contribution in [0, 0.1) is 0 Å². The third kappa shape index (κ3) is 4.12. The van der Waals surface area contributed by atoms with Crippen molar-refractivity contribution in [2.24, 2.45) is 0 Å². The largest absolute Gasteiger partial charge is 0.337 e. The standard InChI is InChI=1S/C22H22N2O3S2/c1-23(16-20-9-5-13-28-20)22(25)18-8-4-10-21(14-18)29(26,27)24-12-11-17-6-2-3-7-19(17)15-24/h2-10,13-14H,11-12,15-16H2,1H3. The Bertz CT molecular complexity index is 1120. The van der Waals surface area contributed by atoms with Gasteiger partial charge in [-0.05, 0) is 47.2 Å². The molecule has 3 aromatic rings. The van der Waals surface area contributed by atoms with Gasteiger partial charge in [0.05, 0.1) is 11.4 Å². The smallest absolute Gasteiger partial charge is 0.253 e. The van der Waals surface area contributed by atoms with Crippen molar-refractivity contribution in [2.75, 3.05) is 13.6 Å². The van der Waals surface area contributed by atoms with Crippen LogP contribution in [0.5, 0.6) is 0 Å². The van der Waals surface area contributed by atoms with E-state index < -0.39 is 10.0 Å². The van der Waals surface area contributed by atoms with E-state index in [-0.39, 0.29) is 10.8 Å². The molecule has 1 aromatic heterocycles. The summed E-state index contributed by atoms with van der Waals surface area (Å²) in [6.45, 7) is 1.29. The van der Waals surface area contributed by atoms with Crippen molar-refractivity contribution < 1.29 is 13.2 Å². The van der Waals surface area contributed by atoms with E-state index in [0.29, 0.717) is 31.6 Å². The van der Waals surface area contributed by atoms with E-state index in [1.807, 2.05) is 41.8 Å². The van der Waals surface area contributed by atoms with E-state index in [9.17, 15) is 13.2 Å². The van der Waals surface area contributed by atoms with Crippen molar-refractivity contribution in [3.63, 3.8) is 0 Å². The number of benzene rings is 2. The number of carbonyl (C=O) groups is 1. The van der Waals surface area contributed by atoms with Crippen LogP contribution < -0.4 is 0 Å². The first-order chi connectivity index (χ1) is 13.9. The van der Waals surface area contributed by atoms with Gasteiger partial charge in [-0.25, -0.2) is 8.42 Å². The summed E-state index contributed by atoms with van der Waals surface area (Å²) in [5.41, 5.74) is 2.60. The minimum Gasteiger partial charge on any atom is -0.337 e. The first-order valence-corrected chi connectivity index (χ1v) is 11.7. The Labute approximate surface area is 175 Å². The zero-order valence-electron chi connectivity index (χ0n) is 16.1. The number of sulfonamides is 1. The molecule has 0 unspecified atom stereocenters. The molecule has 0 atom stereocenters. The molecule has 0 saturated heterocycles. The Morgan fingerprint density at radius 3 is 2.62 bits per heavy atom. The summed E-state index contributed by atoms with van der Waals surface area (Å²) in [6, 6.07) is 18.2. The lowest BCUT2D eigenvalue weighted by atomic mass is 10.0. The second-order valence-corrected chi connectivity index (χ2v) is 10.1. The van der Waals surface area contributed by atoms with Crippen LogP contribution in [0.3, 0.4) is 0 Å². The third-order valence-electron chi connectivity index (χ3n) is 5.13. The SMILES string of the molecule is CN(Cc1cccs1)C(=O)c1cccc(S(=O)(=O)N2CCc3ccccc3C2)c1. The lowest BCUT2D eigenvalue weighted by Gasteiger charge is -2.28. The van der Waals surface area contributed by atoms with Gasteiger partial charge in [-0.3, -0.25) is 4.79 Å². The molecule has 5 nitrogen and oxygen atoms in total. The molecule has 2 aromatic carbocycles. The van der Waals surface area contributed by atoms with Crippen molar-refractivity contribution in [3.8, 4) is 0 Å². The summed E-state index contributed by atoms with van der Waals surface area (Å²) in [7, 11) is -1.94. The van der Waals surface area contributed by atoms with Gasteiger partial charge in [0.25, 0.3) is 5.91 Å². The van der Waals surface area contributed by atoms with Gasteiger partial charge in [0.1, 0.15) is 0 Å². The van der Waals surface area contributed by atoms with Crippen LogP contribution in [-0.4, -0.2) is 37.1 Å². The van der Waals surface area contributed by atoms with Gasteiger partial charge in [0, 0.05) is 30.6 Å². The van der Waals surface area contributed by atoms with Crippen molar-refractivity contribution >= 4 is 27.3 Å². The molecule has 0 N–H and O–H groups in total. The predicted molar refractivity (Wildman–Crippen MR) is 114 cm³/mol. The maximum Gasteiger partial charge on any atom is 0.253 e. The minimum atomic E-state index is -3.67. The fourth-order valence-corrected chi connectivity index (χ4v) is 5.76. The molecule has 1 aliphatic rings. The summed E-state index contributed by atoms with van der Waals surface area (Å²) in [5.74, 6) is -0.195. The highest BCUT2D eigenvalue weighted by Crippen LogP contribution is 2.25. The lowest BCUT2D eigenvalue weighted by Crippen LogP contribution is -2.36. The van der Waals surface area contributed by atoms with Gasteiger partial charge in [-0.1, -0.05) is 36.4 Å². The molecule has 29 heavy (non-hydrogen) atoms. The Kier molecular flexibility index (Phi) is 5.54. The molecule has 2 heterocycles. The average molecular weight is 427 g/mol. The molecule has 4 rings (SSSR count). The van der Waals surface area contributed by atoms with Crippen molar-refractivity contribution in [3.05, 3.63) is 87.6 Å². The first kappa shape index (κ1) is 19.8. The zero-order valence-corrected chi connectivity index (χ0v) is 17.7. The second kappa shape index (κ2) is 8.10. The number of fused-ring (bicyclic) bond motifs is 1. The van der Waals surface area contributed by atoms with Gasteiger partial charge in [0.15, 0.2) is 0 Å². The topological polar surface area (TPSA) is 57.7 Å². The van der Waals surface area contributed by atoms with E-state index in [4.69, 9.17) is 0 Å². The third-order valence-corrected chi connectivity index (χ3v) is 7.84. The molecule has 0 bridgehead atoms. The second-order valence-electron chi connectivity index (χ2n) is 7.13. The van der Waals surface area contributed by atoms with Gasteiger partial charge in [0.2, 0.25) is 10.0 Å². The summed E-state index contributed by atoms with van der Waals surface area (Å²) >= 11 is 1.59. The first-order valence-electron chi connectivity index (χ1n) is 9.40. The zero-order chi connectivity index (χ0) is 20.4. The monoisotopic (exact) mass is 426 g/mol. The highest BCUT2D eigenvalue weighted by Gasteiger charge is 2.29. The van der Waals surface area contributed by atoms with Crippen LogP contribution >= 0.6 is 11.3 Å². The Hall–Kier alpha value is -2.48. The highest BCUT2D eigenvalue weighted by atomic mass is 32.2. The maximum atomic E-state index is 13.2. The molecule has 0 fully saturated rings. The molecule has 150 valence electrons. The number of amides is 1. The molecule has 0 aliphatic carbocycles. The lowest BCUT2D eigenvalue weighted by molar-refractivity contribution is 0.0786. The fraction of sp³-hybridized carbons (Fsp3) is 0.227. The van der Waals surface area contributed by atoms with Crippen molar-refractivity contribution in [2.45, 2.75) is 24.4 Å². The quantitative estimate of drug-likeness (QED) is 0.624. The number of hydrogen-bond donors (Lipinski definition) is 0. The fourth-order valence-electron chi connectivity index (χ4n) is 3.54. The van der Waals surface area contributed by atoms with Gasteiger partial charge >= 0.3 is 0 Å². The summed E-state index contributed by atoms with van der Waals surface area (Å²) in [5, 5.41) is 1.97. The number of nitrogens with zero attached hydrogens (tertiary/aromatic N) is 2. The van der Waals surface area contributed by atoms with E-state index in [0.717, 1.165) is 10.4 Å². The van der Waals surface area contributed by atoms with Crippen LogP contribution in [0.25, 0.3) is 0 Å². The molecule has 1 aliphatic heterocycles. The van der Waals surface area contributed by atoms with Crippen LogP contribution in [0.1, 0.15) is 26.4 Å². The Morgan fingerprint density at radius 1 is 1.07 bits per heavy atom. The van der Waals surface area contributed by atoms with Crippen LogP contribution in [0.15, 0.2) is 70.9 Å². The summed E-state index contributed by atoms with van der Waals surface area (Å²) < 4.78 is 27.9. The number of thiophene rings is 1. The minimum absolute atomic E-state index is 0.159. The van der Waals surface area contributed by atoms with Crippen molar-refractivity contribution in [1.82, 2.24) is 9.21 Å². The molecule has 0 spiro atoms. The summed E-state index contributed by atoms with van der Waals surface area (Å²) in [6.07, 6.45) is 0.692. The average Bonchev–Trinajstić information content (AvgIpc) is 3.26. The number of rotatable bonds is 5. The molecule has 0 radical (unpaired) electrons. The van der Waals surface area contributed by atoms with Crippen molar-refractivity contribution in [1.29, 1.82) is 0 Å². The van der Waals surface area contributed by atoms with Crippen LogP contribution in [0.2, 0.25) is 0 Å². The Morgan fingerprint density at radius 2 is 1.86 bits per heavy atom. The number of carbonyl (C=O) groups excluding carboxylic acids is 1. The number of hydrogen-bond acceptors (Lipinski definition) is 4. The van der Waals surface area contributed by atoms with E-state index in [1.165, 1.54) is 15.9 Å². The van der Waals surface area contributed by atoms with E-state index in [2.05, 4.69) is 0 Å². The van der Waals surface area contributed by atoms with Crippen LogP contribution in [0.4, 0.5) is 0 Å². The molecule has 7 heteroatoms. The molecular weight excluding hydrogens is 404 g/mol. The predicted octanol–water partition coefficient (Wildman–Crippen LogP) is 3.77. The maximum absolute atomic E-state index is 13.2. The Balaban J connectivity index is 1.55. The molecule has 0 saturated carbocycles. The van der Waals surface area contributed by atoms with Gasteiger partial charge in [-0.2, -0.15) is 4.31 Å². The molecular formula is C22H22N2O3S2. The highest BCUT2D eigenvalue weighted by molar-refractivity contribution is 7.89. The van der Waals surface area contributed by atoms with E-state index >= 15 is 0 Å². The van der Waals surface area contributed by atoms with Crippen LogP contribution in [-0.2, 0) is 29.5 Å². The molecule has 1 amide bonds.